The van der Waals surface area contributed by atoms with Crippen LogP contribution in [-0.4, -0.2) is 17.4 Å². The van der Waals surface area contributed by atoms with Gasteiger partial charge in [0, 0.05) is 35.3 Å². The monoisotopic (exact) mass is 444 g/mol. The van der Waals surface area contributed by atoms with Crippen LogP contribution in [-0.2, 0) is 4.79 Å². The van der Waals surface area contributed by atoms with Gasteiger partial charge in [-0.25, -0.2) is 4.79 Å². The third-order valence-electron chi connectivity index (χ3n) is 5.13. The number of ether oxygens (including phenoxy) is 1. The van der Waals surface area contributed by atoms with Crippen molar-refractivity contribution >= 4 is 28.3 Å². The molecule has 1 amide bonds. The maximum absolute atomic E-state index is 12.3. The molecule has 0 saturated heterocycles. The van der Waals surface area contributed by atoms with E-state index in [1.165, 1.54) is 24.3 Å². The Bertz CT molecular complexity index is 1420. The Morgan fingerprint density at radius 1 is 1.03 bits per heavy atom. The van der Waals surface area contributed by atoms with Gasteiger partial charge in [0.1, 0.15) is 11.3 Å². The van der Waals surface area contributed by atoms with Crippen molar-refractivity contribution in [3.63, 3.8) is 0 Å². The highest BCUT2D eigenvalue weighted by Gasteiger charge is 2.12. The van der Waals surface area contributed by atoms with Crippen molar-refractivity contribution in [1.29, 1.82) is 0 Å². The quantitative estimate of drug-likeness (QED) is 0.254. The maximum atomic E-state index is 12.3. The predicted molar refractivity (Wildman–Crippen MR) is 125 cm³/mol. The summed E-state index contributed by atoms with van der Waals surface area (Å²) in [5, 5.41) is 14.3. The number of nitro benzene ring substituents is 1. The summed E-state index contributed by atoms with van der Waals surface area (Å²) in [6.07, 6.45) is 0. The van der Waals surface area contributed by atoms with Gasteiger partial charge in [-0.15, -0.1) is 0 Å². The standard InChI is InChI=1S/C25H20N2O6/c1-15-3-10-22(16(2)11-15)26-24(28)14-32-19-8-9-20-21(13-25(29)33-23(20)12-19)17-4-6-18(7-5-17)27(30)31/h3-13H,14H2,1-2H3,(H,26,28). The first kappa shape index (κ1) is 21.8. The molecule has 1 N–H and O–H groups in total. The van der Waals surface area contributed by atoms with Gasteiger partial charge in [0.15, 0.2) is 6.61 Å². The van der Waals surface area contributed by atoms with Gasteiger partial charge in [0.25, 0.3) is 11.6 Å². The molecule has 0 saturated carbocycles. The molecule has 33 heavy (non-hydrogen) atoms. The number of hydrogen-bond acceptors (Lipinski definition) is 6. The Morgan fingerprint density at radius 3 is 2.48 bits per heavy atom. The minimum Gasteiger partial charge on any atom is -0.484 e. The molecule has 1 heterocycles. The lowest BCUT2D eigenvalue weighted by atomic mass is 10.0. The van der Waals surface area contributed by atoms with Gasteiger partial charge >= 0.3 is 5.63 Å². The number of fused-ring (bicyclic) bond motifs is 1. The molecule has 0 fully saturated rings. The van der Waals surface area contributed by atoms with Crippen molar-refractivity contribution in [2.75, 3.05) is 11.9 Å². The van der Waals surface area contributed by atoms with Gasteiger partial charge in [-0.1, -0.05) is 17.7 Å². The fraction of sp³-hybridized carbons (Fsp3) is 0.120. The zero-order chi connectivity index (χ0) is 23.5. The number of non-ortho nitro benzene ring substituents is 1. The van der Waals surface area contributed by atoms with Crippen LogP contribution < -0.4 is 15.7 Å². The van der Waals surface area contributed by atoms with Gasteiger partial charge in [0.2, 0.25) is 0 Å². The predicted octanol–water partition coefficient (Wildman–Crippen LogP) is 5.00. The Kier molecular flexibility index (Phi) is 5.91. The molecule has 0 radical (unpaired) electrons. The van der Waals surface area contributed by atoms with E-state index >= 15 is 0 Å². The van der Waals surface area contributed by atoms with E-state index in [0.29, 0.717) is 28.0 Å². The molecule has 8 nitrogen and oxygen atoms in total. The molecule has 0 spiro atoms. The SMILES string of the molecule is Cc1ccc(NC(=O)COc2ccc3c(-c4ccc([N+](=O)[O-])cc4)cc(=O)oc3c2)c(C)c1. The Hall–Kier alpha value is -4.46. The molecule has 0 aliphatic carbocycles. The average Bonchev–Trinajstić information content (AvgIpc) is 2.79. The summed E-state index contributed by atoms with van der Waals surface area (Å²) in [6, 6.07) is 17.9. The fourth-order valence-corrected chi connectivity index (χ4v) is 3.52. The number of nitrogens with one attached hydrogen (secondary N) is 1. The second-order valence-electron chi connectivity index (χ2n) is 7.60. The van der Waals surface area contributed by atoms with Crippen LogP contribution in [0, 0.1) is 24.0 Å². The first-order chi connectivity index (χ1) is 15.8. The lowest BCUT2D eigenvalue weighted by molar-refractivity contribution is -0.384. The smallest absolute Gasteiger partial charge is 0.336 e. The topological polar surface area (TPSA) is 112 Å². The van der Waals surface area contributed by atoms with E-state index in [9.17, 15) is 19.7 Å². The second kappa shape index (κ2) is 8.96. The van der Waals surface area contributed by atoms with Crippen LogP contribution in [0.2, 0.25) is 0 Å². The van der Waals surface area contributed by atoms with E-state index in [-0.39, 0.29) is 23.8 Å². The van der Waals surface area contributed by atoms with Crippen molar-refractivity contribution in [1.82, 2.24) is 0 Å². The summed E-state index contributed by atoms with van der Waals surface area (Å²) in [7, 11) is 0. The second-order valence-corrected chi connectivity index (χ2v) is 7.60. The highest BCUT2D eigenvalue weighted by atomic mass is 16.6. The third-order valence-corrected chi connectivity index (χ3v) is 5.13. The van der Waals surface area contributed by atoms with E-state index < -0.39 is 10.5 Å². The number of benzene rings is 3. The van der Waals surface area contributed by atoms with E-state index in [1.54, 1.807) is 24.3 Å². The van der Waals surface area contributed by atoms with Crippen molar-refractivity contribution in [2.24, 2.45) is 0 Å². The van der Waals surface area contributed by atoms with Crippen LogP contribution in [0.5, 0.6) is 5.75 Å². The lowest BCUT2D eigenvalue weighted by Gasteiger charge is -2.11. The first-order valence-corrected chi connectivity index (χ1v) is 10.1. The molecule has 0 aliphatic heterocycles. The first-order valence-electron chi connectivity index (χ1n) is 10.1. The van der Waals surface area contributed by atoms with Crippen LogP contribution in [0.25, 0.3) is 22.1 Å². The summed E-state index contributed by atoms with van der Waals surface area (Å²) in [5.74, 6) is 0.0467. The summed E-state index contributed by atoms with van der Waals surface area (Å²) >= 11 is 0. The van der Waals surface area contributed by atoms with Gasteiger partial charge in [-0.05, 0) is 60.9 Å². The van der Waals surface area contributed by atoms with E-state index in [1.807, 2.05) is 32.0 Å². The van der Waals surface area contributed by atoms with E-state index in [2.05, 4.69) is 5.32 Å². The van der Waals surface area contributed by atoms with Crippen molar-refractivity contribution in [3.05, 3.63) is 98.4 Å². The zero-order valence-corrected chi connectivity index (χ0v) is 18.0. The minimum absolute atomic E-state index is 0.0409. The molecule has 4 rings (SSSR count). The third kappa shape index (κ3) is 4.90. The number of aryl methyl sites for hydroxylation is 2. The van der Waals surface area contributed by atoms with Crippen molar-refractivity contribution < 1.29 is 18.9 Å². The molecule has 166 valence electrons. The van der Waals surface area contributed by atoms with Gasteiger partial charge in [0.05, 0.1) is 4.92 Å². The number of amides is 1. The number of rotatable bonds is 6. The number of hydrogen-bond donors (Lipinski definition) is 1. The molecular formula is C25H20N2O6. The molecule has 4 aromatic rings. The van der Waals surface area contributed by atoms with Gasteiger partial charge in [-0.2, -0.15) is 0 Å². The van der Waals surface area contributed by atoms with Crippen LogP contribution in [0.4, 0.5) is 11.4 Å². The van der Waals surface area contributed by atoms with Crippen LogP contribution in [0.1, 0.15) is 11.1 Å². The summed E-state index contributed by atoms with van der Waals surface area (Å²) in [5.41, 5.74) is 3.66. The maximum Gasteiger partial charge on any atom is 0.336 e. The fourth-order valence-electron chi connectivity index (χ4n) is 3.52. The molecule has 1 aromatic heterocycles. The lowest BCUT2D eigenvalue weighted by Crippen LogP contribution is -2.20. The number of carbonyl (C=O) groups is 1. The van der Waals surface area contributed by atoms with Crippen LogP contribution in [0.3, 0.4) is 0 Å². The molecule has 8 heteroatoms. The highest BCUT2D eigenvalue weighted by molar-refractivity contribution is 5.94. The number of nitrogens with zero attached hydrogens (tertiary/aromatic N) is 1. The molecule has 0 unspecified atom stereocenters. The molecule has 0 aliphatic rings. The Labute approximate surface area is 188 Å². The van der Waals surface area contributed by atoms with Crippen molar-refractivity contribution in [2.45, 2.75) is 13.8 Å². The molecule has 0 atom stereocenters. The minimum atomic E-state index is -0.569. The van der Waals surface area contributed by atoms with E-state index in [0.717, 1.165) is 11.1 Å². The van der Waals surface area contributed by atoms with Crippen LogP contribution in [0.15, 0.2) is 75.9 Å². The van der Waals surface area contributed by atoms with E-state index in [4.69, 9.17) is 9.15 Å². The van der Waals surface area contributed by atoms with Gasteiger partial charge in [-0.3, -0.25) is 14.9 Å². The summed E-state index contributed by atoms with van der Waals surface area (Å²) in [4.78, 5) is 34.8. The zero-order valence-electron chi connectivity index (χ0n) is 18.0. The summed E-state index contributed by atoms with van der Waals surface area (Å²) < 4.78 is 10.9. The molecule has 0 bridgehead atoms. The molecule has 3 aromatic carbocycles. The Morgan fingerprint density at radius 2 is 1.79 bits per heavy atom. The largest absolute Gasteiger partial charge is 0.484 e. The average molecular weight is 444 g/mol. The number of anilines is 1. The Balaban J connectivity index is 1.54. The highest BCUT2D eigenvalue weighted by Crippen LogP contribution is 2.30. The normalized spacial score (nSPS) is 10.7. The number of nitro groups is 1. The van der Waals surface area contributed by atoms with Crippen LogP contribution >= 0.6 is 0 Å². The van der Waals surface area contributed by atoms with Crippen molar-refractivity contribution in [3.8, 4) is 16.9 Å². The summed E-state index contributed by atoms with van der Waals surface area (Å²) in [6.45, 7) is 3.68. The van der Waals surface area contributed by atoms with Gasteiger partial charge < -0.3 is 14.5 Å². The number of carbonyl (C=O) groups excluding carboxylic acids is 1. The molecular weight excluding hydrogens is 424 g/mol.